The minimum absolute atomic E-state index is 0.207. The van der Waals surface area contributed by atoms with Crippen LogP contribution in [0, 0.1) is 11.6 Å². The second kappa shape index (κ2) is 5.97. The summed E-state index contributed by atoms with van der Waals surface area (Å²) < 4.78 is 26.9. The molecule has 2 rings (SSSR count). The molecule has 0 fully saturated rings. The number of benzene rings is 1. The van der Waals surface area contributed by atoms with Crippen molar-refractivity contribution in [1.82, 2.24) is 4.98 Å². The lowest BCUT2D eigenvalue weighted by Crippen LogP contribution is -2.29. The third kappa shape index (κ3) is 3.41. The fourth-order valence-electron chi connectivity index (χ4n) is 2.10. The molecule has 1 aromatic carbocycles. The first-order valence-electron chi connectivity index (χ1n) is 6.22. The van der Waals surface area contributed by atoms with Crippen molar-refractivity contribution >= 4 is 15.9 Å². The predicted molar refractivity (Wildman–Crippen MR) is 76.2 cm³/mol. The van der Waals surface area contributed by atoms with Crippen molar-refractivity contribution in [2.24, 2.45) is 0 Å². The molecule has 1 aromatic heterocycles. The number of aromatic nitrogens is 1. The Hall–Kier alpha value is -1.33. The number of rotatable bonds is 4. The zero-order valence-corrected chi connectivity index (χ0v) is 12.5. The highest BCUT2D eigenvalue weighted by molar-refractivity contribution is 9.10. The molecule has 106 valence electrons. The molecule has 0 saturated carbocycles. The van der Waals surface area contributed by atoms with Gasteiger partial charge in [0.05, 0.1) is 11.9 Å². The number of hydrogen-bond acceptors (Lipinski definition) is 2. The molecule has 20 heavy (non-hydrogen) atoms. The van der Waals surface area contributed by atoms with Gasteiger partial charge in [0, 0.05) is 10.9 Å². The van der Waals surface area contributed by atoms with E-state index in [1.54, 1.807) is 13.0 Å². The van der Waals surface area contributed by atoms with E-state index in [9.17, 15) is 13.9 Å². The lowest BCUT2D eigenvalue weighted by molar-refractivity contribution is 0.0281. The van der Waals surface area contributed by atoms with E-state index >= 15 is 0 Å². The summed E-state index contributed by atoms with van der Waals surface area (Å²) in [4.78, 5) is 3.93. The van der Waals surface area contributed by atoms with Crippen LogP contribution in [-0.4, -0.2) is 10.1 Å². The van der Waals surface area contributed by atoms with Gasteiger partial charge in [0.25, 0.3) is 0 Å². The molecule has 1 atom stereocenters. The van der Waals surface area contributed by atoms with Crippen molar-refractivity contribution in [1.29, 1.82) is 0 Å². The second-order valence-electron chi connectivity index (χ2n) is 4.70. The second-order valence-corrected chi connectivity index (χ2v) is 5.62. The van der Waals surface area contributed by atoms with Crippen LogP contribution >= 0.6 is 15.9 Å². The van der Waals surface area contributed by atoms with Gasteiger partial charge >= 0.3 is 0 Å². The van der Waals surface area contributed by atoms with Gasteiger partial charge < -0.3 is 5.11 Å². The summed E-state index contributed by atoms with van der Waals surface area (Å²) in [5, 5.41) is 10.7. The van der Waals surface area contributed by atoms with Gasteiger partial charge in [-0.2, -0.15) is 0 Å². The van der Waals surface area contributed by atoms with Crippen LogP contribution in [-0.2, 0) is 12.0 Å². The molecule has 2 aromatic rings. The van der Waals surface area contributed by atoms with Crippen LogP contribution in [0.25, 0.3) is 0 Å². The Labute approximate surface area is 124 Å². The van der Waals surface area contributed by atoms with Gasteiger partial charge in [0.2, 0.25) is 0 Å². The normalized spacial score (nSPS) is 14.1. The van der Waals surface area contributed by atoms with Gasteiger partial charge in [-0.25, -0.2) is 8.78 Å². The standard InChI is InChI=1S/C15H14BrF2NO/c1-2-15(20,14-4-3-12(17)9-19-14)8-10-5-11(16)7-13(18)6-10/h3-7,9,20H,2,8H2,1H3. The van der Waals surface area contributed by atoms with Crippen molar-refractivity contribution in [3.63, 3.8) is 0 Å². The maximum atomic E-state index is 13.4. The summed E-state index contributed by atoms with van der Waals surface area (Å²) in [7, 11) is 0. The predicted octanol–water partition coefficient (Wildman–Crippen LogP) is 3.96. The highest BCUT2D eigenvalue weighted by atomic mass is 79.9. The van der Waals surface area contributed by atoms with Crippen molar-refractivity contribution in [3.8, 4) is 0 Å². The SMILES string of the molecule is CCC(O)(Cc1cc(F)cc(Br)c1)c1ccc(F)cn1. The molecule has 2 nitrogen and oxygen atoms in total. The lowest BCUT2D eigenvalue weighted by Gasteiger charge is -2.26. The molecule has 1 heterocycles. The third-order valence-electron chi connectivity index (χ3n) is 3.21. The minimum atomic E-state index is -1.25. The monoisotopic (exact) mass is 341 g/mol. The first-order chi connectivity index (χ1) is 9.43. The van der Waals surface area contributed by atoms with E-state index in [4.69, 9.17) is 0 Å². The van der Waals surface area contributed by atoms with Crippen molar-refractivity contribution in [2.45, 2.75) is 25.4 Å². The minimum Gasteiger partial charge on any atom is -0.383 e. The highest BCUT2D eigenvalue weighted by Gasteiger charge is 2.29. The molecule has 0 aliphatic carbocycles. The van der Waals surface area contributed by atoms with E-state index in [0.717, 1.165) is 6.20 Å². The smallest absolute Gasteiger partial charge is 0.141 e. The lowest BCUT2D eigenvalue weighted by atomic mass is 9.88. The largest absolute Gasteiger partial charge is 0.383 e. The Kier molecular flexibility index (Phi) is 4.50. The van der Waals surface area contributed by atoms with Crippen molar-refractivity contribution in [3.05, 3.63) is 63.9 Å². The van der Waals surface area contributed by atoms with Crippen LogP contribution in [0.15, 0.2) is 41.0 Å². The van der Waals surface area contributed by atoms with E-state index in [0.29, 0.717) is 22.2 Å². The molecule has 0 aliphatic heterocycles. The van der Waals surface area contributed by atoms with E-state index in [1.807, 2.05) is 0 Å². The highest BCUT2D eigenvalue weighted by Crippen LogP contribution is 2.29. The first-order valence-corrected chi connectivity index (χ1v) is 7.01. The number of halogens is 3. The maximum Gasteiger partial charge on any atom is 0.141 e. The molecule has 5 heteroatoms. The van der Waals surface area contributed by atoms with Gasteiger partial charge in [-0.3, -0.25) is 4.98 Å². The van der Waals surface area contributed by atoms with Crippen molar-refractivity contribution < 1.29 is 13.9 Å². The van der Waals surface area contributed by atoms with Gasteiger partial charge in [0.1, 0.15) is 17.2 Å². The number of pyridine rings is 1. The van der Waals surface area contributed by atoms with Crippen LogP contribution in [0.5, 0.6) is 0 Å². The van der Waals surface area contributed by atoms with Gasteiger partial charge in [-0.1, -0.05) is 22.9 Å². The Morgan fingerprint density at radius 1 is 1.20 bits per heavy atom. The summed E-state index contributed by atoms with van der Waals surface area (Å²) in [6, 6.07) is 7.17. The fourth-order valence-corrected chi connectivity index (χ4v) is 2.61. The summed E-state index contributed by atoms with van der Waals surface area (Å²) in [5.41, 5.74) is -0.227. The maximum absolute atomic E-state index is 13.4. The molecular weight excluding hydrogens is 328 g/mol. The van der Waals surface area contributed by atoms with E-state index in [2.05, 4.69) is 20.9 Å². The summed E-state index contributed by atoms with van der Waals surface area (Å²) in [5.74, 6) is -0.833. The number of aliphatic hydroxyl groups is 1. The Morgan fingerprint density at radius 3 is 2.50 bits per heavy atom. The molecule has 0 saturated heterocycles. The summed E-state index contributed by atoms with van der Waals surface area (Å²) in [6.07, 6.45) is 1.66. The molecule has 0 spiro atoms. The molecular formula is C15H14BrF2NO. The Morgan fingerprint density at radius 2 is 1.95 bits per heavy atom. The quantitative estimate of drug-likeness (QED) is 0.912. The third-order valence-corrected chi connectivity index (χ3v) is 3.67. The molecule has 0 bridgehead atoms. The fraction of sp³-hybridized carbons (Fsp3) is 0.267. The van der Waals surface area contributed by atoms with E-state index in [1.165, 1.54) is 24.3 Å². The zero-order valence-electron chi connectivity index (χ0n) is 10.9. The zero-order chi connectivity index (χ0) is 14.8. The Bertz CT molecular complexity index is 583. The summed E-state index contributed by atoms with van der Waals surface area (Å²) >= 11 is 3.22. The van der Waals surface area contributed by atoms with Gasteiger partial charge in [0.15, 0.2) is 0 Å². The van der Waals surface area contributed by atoms with Crippen LogP contribution in [0.3, 0.4) is 0 Å². The molecule has 1 N–H and O–H groups in total. The van der Waals surface area contributed by atoms with Crippen LogP contribution in [0.2, 0.25) is 0 Å². The van der Waals surface area contributed by atoms with E-state index < -0.39 is 11.4 Å². The molecule has 0 amide bonds. The van der Waals surface area contributed by atoms with Crippen LogP contribution < -0.4 is 0 Å². The molecule has 0 radical (unpaired) electrons. The van der Waals surface area contributed by atoms with Crippen LogP contribution in [0.1, 0.15) is 24.6 Å². The number of hydrogen-bond donors (Lipinski definition) is 1. The van der Waals surface area contributed by atoms with Crippen molar-refractivity contribution in [2.75, 3.05) is 0 Å². The summed E-state index contributed by atoms with van der Waals surface area (Å²) in [6.45, 7) is 1.80. The molecule has 0 aliphatic rings. The Balaban J connectivity index is 2.33. The van der Waals surface area contributed by atoms with Gasteiger partial charge in [-0.05, 0) is 42.3 Å². The number of nitrogens with zero attached hydrogens (tertiary/aromatic N) is 1. The molecule has 1 unspecified atom stereocenters. The van der Waals surface area contributed by atoms with Gasteiger partial charge in [-0.15, -0.1) is 0 Å². The van der Waals surface area contributed by atoms with E-state index in [-0.39, 0.29) is 12.2 Å². The average molecular weight is 342 g/mol. The van der Waals surface area contributed by atoms with Crippen LogP contribution in [0.4, 0.5) is 8.78 Å². The average Bonchev–Trinajstić information content (AvgIpc) is 2.38. The topological polar surface area (TPSA) is 33.1 Å². The first kappa shape index (κ1) is 15.1.